The van der Waals surface area contributed by atoms with E-state index in [2.05, 4.69) is 4.57 Å². The Labute approximate surface area is 95.2 Å². The van der Waals surface area contributed by atoms with E-state index in [0.29, 0.717) is 0 Å². The summed E-state index contributed by atoms with van der Waals surface area (Å²) in [7, 11) is 3.29. The molecule has 0 amide bonds. The van der Waals surface area contributed by atoms with E-state index < -0.39 is 0 Å². The molecule has 1 aromatic heterocycles. The SMILES string of the molecule is COc1ccc(Cn2cccc2)cc1OC. The smallest absolute Gasteiger partial charge is 0.161 e. The second-order valence-corrected chi connectivity index (χ2v) is 3.54. The summed E-state index contributed by atoms with van der Waals surface area (Å²) in [6.45, 7) is 0.841. The topological polar surface area (TPSA) is 23.4 Å². The van der Waals surface area contributed by atoms with Crippen molar-refractivity contribution in [3.63, 3.8) is 0 Å². The van der Waals surface area contributed by atoms with Crippen LogP contribution in [0, 0.1) is 0 Å². The minimum Gasteiger partial charge on any atom is -0.493 e. The molecule has 0 aliphatic carbocycles. The number of rotatable bonds is 4. The third-order valence-corrected chi connectivity index (χ3v) is 2.48. The Hall–Kier alpha value is -1.90. The van der Waals surface area contributed by atoms with Gasteiger partial charge in [0.15, 0.2) is 11.5 Å². The zero-order valence-corrected chi connectivity index (χ0v) is 9.51. The number of methoxy groups -OCH3 is 2. The van der Waals surface area contributed by atoms with E-state index in [1.807, 2.05) is 42.7 Å². The molecule has 0 aliphatic rings. The number of aromatic nitrogens is 1. The van der Waals surface area contributed by atoms with Crippen molar-refractivity contribution in [3.05, 3.63) is 48.3 Å². The van der Waals surface area contributed by atoms with Crippen LogP contribution in [0.15, 0.2) is 42.7 Å². The first-order valence-electron chi connectivity index (χ1n) is 5.15. The van der Waals surface area contributed by atoms with Gasteiger partial charge in [-0.05, 0) is 29.8 Å². The molecule has 1 aromatic carbocycles. The van der Waals surface area contributed by atoms with Crippen molar-refractivity contribution in [2.45, 2.75) is 6.54 Å². The van der Waals surface area contributed by atoms with E-state index in [1.54, 1.807) is 14.2 Å². The van der Waals surface area contributed by atoms with Crippen LogP contribution in [0.1, 0.15) is 5.56 Å². The van der Waals surface area contributed by atoms with E-state index in [-0.39, 0.29) is 0 Å². The summed E-state index contributed by atoms with van der Waals surface area (Å²) < 4.78 is 12.6. The van der Waals surface area contributed by atoms with Gasteiger partial charge in [-0.3, -0.25) is 0 Å². The molecule has 0 radical (unpaired) electrons. The van der Waals surface area contributed by atoms with Gasteiger partial charge in [-0.15, -0.1) is 0 Å². The molecule has 0 spiro atoms. The Bertz CT molecular complexity index is 449. The lowest BCUT2D eigenvalue weighted by Crippen LogP contribution is -1.97. The predicted molar refractivity (Wildman–Crippen MR) is 63.1 cm³/mol. The summed E-state index contributed by atoms with van der Waals surface area (Å²) in [5.41, 5.74) is 1.19. The van der Waals surface area contributed by atoms with Gasteiger partial charge in [0.25, 0.3) is 0 Å². The van der Waals surface area contributed by atoms with E-state index in [4.69, 9.17) is 9.47 Å². The van der Waals surface area contributed by atoms with E-state index in [9.17, 15) is 0 Å². The molecule has 3 nitrogen and oxygen atoms in total. The van der Waals surface area contributed by atoms with Crippen molar-refractivity contribution in [2.75, 3.05) is 14.2 Å². The molecule has 3 heteroatoms. The van der Waals surface area contributed by atoms with Crippen molar-refractivity contribution in [1.82, 2.24) is 4.57 Å². The Balaban J connectivity index is 2.22. The van der Waals surface area contributed by atoms with Crippen LogP contribution in [0.2, 0.25) is 0 Å². The Kier molecular flexibility index (Phi) is 3.15. The molecule has 2 rings (SSSR count). The maximum atomic E-state index is 5.26. The van der Waals surface area contributed by atoms with Crippen LogP contribution < -0.4 is 9.47 Å². The van der Waals surface area contributed by atoms with Crippen LogP contribution in [-0.2, 0) is 6.54 Å². The van der Waals surface area contributed by atoms with Gasteiger partial charge in [0.1, 0.15) is 0 Å². The zero-order valence-electron chi connectivity index (χ0n) is 9.51. The summed E-state index contributed by atoms with van der Waals surface area (Å²) in [6, 6.07) is 10.00. The van der Waals surface area contributed by atoms with Crippen LogP contribution >= 0.6 is 0 Å². The van der Waals surface area contributed by atoms with E-state index in [0.717, 1.165) is 18.0 Å². The third-order valence-electron chi connectivity index (χ3n) is 2.48. The highest BCUT2D eigenvalue weighted by molar-refractivity contribution is 5.42. The summed E-state index contributed by atoms with van der Waals surface area (Å²) in [5, 5.41) is 0. The molecular formula is C13H15NO2. The maximum Gasteiger partial charge on any atom is 0.161 e. The average Bonchev–Trinajstić information content (AvgIpc) is 2.81. The molecule has 0 aliphatic heterocycles. The van der Waals surface area contributed by atoms with Gasteiger partial charge in [-0.1, -0.05) is 6.07 Å². The minimum absolute atomic E-state index is 0.763. The highest BCUT2D eigenvalue weighted by atomic mass is 16.5. The summed E-state index contributed by atoms with van der Waals surface area (Å²) in [5.74, 6) is 1.53. The first-order chi connectivity index (χ1) is 7.83. The molecule has 0 saturated carbocycles. The lowest BCUT2D eigenvalue weighted by atomic mass is 10.2. The Morgan fingerprint density at radius 3 is 2.31 bits per heavy atom. The van der Waals surface area contributed by atoms with Gasteiger partial charge in [0, 0.05) is 18.9 Å². The Morgan fingerprint density at radius 1 is 1.00 bits per heavy atom. The molecule has 16 heavy (non-hydrogen) atoms. The largest absolute Gasteiger partial charge is 0.493 e. The second-order valence-electron chi connectivity index (χ2n) is 3.54. The molecule has 0 unspecified atom stereocenters. The number of hydrogen-bond acceptors (Lipinski definition) is 2. The molecule has 0 atom stereocenters. The fourth-order valence-corrected chi connectivity index (χ4v) is 1.67. The van der Waals surface area contributed by atoms with Gasteiger partial charge in [-0.25, -0.2) is 0 Å². The highest BCUT2D eigenvalue weighted by Gasteiger charge is 2.04. The van der Waals surface area contributed by atoms with Gasteiger partial charge < -0.3 is 14.0 Å². The zero-order chi connectivity index (χ0) is 11.4. The van der Waals surface area contributed by atoms with Crippen molar-refractivity contribution in [3.8, 4) is 11.5 Å². The molecule has 0 N–H and O–H groups in total. The summed E-state index contributed by atoms with van der Waals surface area (Å²) >= 11 is 0. The van der Waals surface area contributed by atoms with E-state index in [1.165, 1.54) is 5.56 Å². The maximum absolute atomic E-state index is 5.26. The van der Waals surface area contributed by atoms with Gasteiger partial charge in [0.05, 0.1) is 14.2 Å². The molecule has 0 saturated heterocycles. The predicted octanol–water partition coefficient (Wildman–Crippen LogP) is 2.55. The van der Waals surface area contributed by atoms with Crippen LogP contribution in [0.3, 0.4) is 0 Å². The van der Waals surface area contributed by atoms with Crippen LogP contribution in [0.5, 0.6) is 11.5 Å². The van der Waals surface area contributed by atoms with Crippen molar-refractivity contribution in [1.29, 1.82) is 0 Å². The van der Waals surface area contributed by atoms with E-state index >= 15 is 0 Å². The van der Waals surface area contributed by atoms with Crippen LogP contribution in [0.25, 0.3) is 0 Å². The molecule has 1 heterocycles. The first kappa shape index (κ1) is 10.6. The lowest BCUT2D eigenvalue weighted by molar-refractivity contribution is 0.354. The van der Waals surface area contributed by atoms with Gasteiger partial charge in [0.2, 0.25) is 0 Å². The Morgan fingerprint density at radius 2 is 1.69 bits per heavy atom. The number of nitrogens with zero attached hydrogens (tertiary/aromatic N) is 1. The molecule has 0 bridgehead atoms. The first-order valence-corrected chi connectivity index (χ1v) is 5.15. The molecular weight excluding hydrogens is 202 g/mol. The third kappa shape index (κ3) is 2.19. The van der Waals surface area contributed by atoms with Crippen LogP contribution in [0.4, 0.5) is 0 Å². The highest BCUT2D eigenvalue weighted by Crippen LogP contribution is 2.27. The van der Waals surface area contributed by atoms with Gasteiger partial charge >= 0.3 is 0 Å². The fourth-order valence-electron chi connectivity index (χ4n) is 1.67. The van der Waals surface area contributed by atoms with Crippen LogP contribution in [-0.4, -0.2) is 18.8 Å². The quantitative estimate of drug-likeness (QED) is 0.785. The second kappa shape index (κ2) is 4.75. The van der Waals surface area contributed by atoms with Crippen molar-refractivity contribution < 1.29 is 9.47 Å². The lowest BCUT2D eigenvalue weighted by Gasteiger charge is -2.10. The fraction of sp³-hybridized carbons (Fsp3) is 0.231. The summed E-state index contributed by atoms with van der Waals surface area (Å²) in [4.78, 5) is 0. The number of benzene rings is 1. The number of hydrogen-bond donors (Lipinski definition) is 0. The normalized spacial score (nSPS) is 10.1. The molecule has 0 fully saturated rings. The molecule has 2 aromatic rings. The standard InChI is InChI=1S/C13H15NO2/c1-15-12-6-5-11(9-13(12)16-2)10-14-7-3-4-8-14/h3-9H,10H2,1-2H3. The average molecular weight is 217 g/mol. The number of ether oxygens (including phenoxy) is 2. The minimum atomic E-state index is 0.763. The van der Waals surface area contributed by atoms with Crippen molar-refractivity contribution >= 4 is 0 Å². The monoisotopic (exact) mass is 217 g/mol. The molecule has 84 valence electrons. The summed E-state index contributed by atoms with van der Waals surface area (Å²) in [6.07, 6.45) is 4.08. The van der Waals surface area contributed by atoms with Gasteiger partial charge in [-0.2, -0.15) is 0 Å². The van der Waals surface area contributed by atoms with Crippen molar-refractivity contribution in [2.24, 2.45) is 0 Å².